The van der Waals surface area contributed by atoms with Crippen molar-refractivity contribution in [3.05, 3.63) is 52.6 Å². The third-order valence-electron chi connectivity index (χ3n) is 13.2. The van der Waals surface area contributed by atoms with Crippen molar-refractivity contribution in [2.24, 2.45) is 39.4 Å². The number of carbonyl (C=O) groups excluding carboxylic acids is 1. The predicted molar refractivity (Wildman–Crippen MR) is 175 cm³/mol. The van der Waals surface area contributed by atoms with Gasteiger partial charge in [0.1, 0.15) is 17.4 Å². The van der Waals surface area contributed by atoms with Crippen LogP contribution >= 0.6 is 7.82 Å². The third kappa shape index (κ3) is 5.66. The molecule has 0 radical (unpaired) electrons. The number of phosphoric ester groups is 1. The van der Waals surface area contributed by atoms with Gasteiger partial charge in [0, 0.05) is 5.41 Å². The molecule has 0 amide bonds. The Hall–Kier alpha value is -1.88. The van der Waals surface area contributed by atoms with Gasteiger partial charge in [0.15, 0.2) is 0 Å². The van der Waals surface area contributed by atoms with Gasteiger partial charge in [0.05, 0.1) is 0 Å². The fourth-order valence-electron chi connectivity index (χ4n) is 10.7. The second kappa shape index (κ2) is 11.7. The fourth-order valence-corrected chi connectivity index (χ4v) is 11.1. The van der Waals surface area contributed by atoms with Crippen LogP contribution in [0.2, 0.25) is 0 Å². The summed E-state index contributed by atoms with van der Waals surface area (Å²) >= 11 is 0. The number of fused-ring (bicyclic) bond motifs is 4. The van der Waals surface area contributed by atoms with E-state index in [9.17, 15) is 19.1 Å². The number of hydrogen-bond acceptors (Lipinski definition) is 4. The van der Waals surface area contributed by atoms with Crippen LogP contribution in [-0.2, 0) is 9.30 Å². The van der Waals surface area contributed by atoms with E-state index in [0.717, 1.165) is 37.5 Å². The highest BCUT2D eigenvalue weighted by molar-refractivity contribution is 7.46. The standard InChI is InChI=1S/C37H55O6P/c1-24(2)12-11-13-25(3)27-18-22-37(8)29-16-17-31-34(4,5)32(20-21-35(31,6)28(29)19-23-36(27,37)7)42-33(38)26-14-9-10-15-30(26)43-44(39,40)41/h9-10,12,14-15,25,27,31-32H,11,13,16-23H2,1-8H3,(H2,39,40,41)/t25-,27-,31+,32+,35-,36-,37+/m1/s1. The minimum atomic E-state index is -4.82. The lowest BCUT2D eigenvalue weighted by molar-refractivity contribution is -0.104. The summed E-state index contributed by atoms with van der Waals surface area (Å²) in [4.78, 5) is 32.1. The van der Waals surface area contributed by atoms with Crippen LogP contribution < -0.4 is 4.52 Å². The van der Waals surface area contributed by atoms with Gasteiger partial charge in [-0.15, -0.1) is 0 Å². The van der Waals surface area contributed by atoms with E-state index >= 15 is 0 Å². The van der Waals surface area contributed by atoms with Crippen LogP contribution in [0, 0.1) is 39.4 Å². The van der Waals surface area contributed by atoms with E-state index in [1.807, 2.05) is 0 Å². The number of ether oxygens (including phenoxy) is 1. The van der Waals surface area contributed by atoms with E-state index in [1.54, 1.807) is 23.3 Å². The number of para-hydroxylation sites is 1. The molecule has 2 fully saturated rings. The summed E-state index contributed by atoms with van der Waals surface area (Å²) in [6.07, 6.45) is 13.6. The van der Waals surface area contributed by atoms with Crippen molar-refractivity contribution in [3.63, 3.8) is 0 Å². The molecule has 4 aliphatic rings. The zero-order chi connectivity index (χ0) is 32.3. The van der Waals surface area contributed by atoms with Crippen molar-refractivity contribution < 1.29 is 28.4 Å². The van der Waals surface area contributed by atoms with Gasteiger partial charge in [-0.05, 0) is 124 Å². The third-order valence-corrected chi connectivity index (χ3v) is 13.6. The highest BCUT2D eigenvalue weighted by Crippen LogP contribution is 2.72. The van der Waals surface area contributed by atoms with E-state index < -0.39 is 13.8 Å². The van der Waals surface area contributed by atoms with Crippen molar-refractivity contribution in [1.82, 2.24) is 0 Å². The molecule has 244 valence electrons. The second-order valence-corrected chi connectivity index (χ2v) is 17.2. The van der Waals surface area contributed by atoms with Gasteiger partial charge in [-0.1, -0.05) is 76.5 Å². The predicted octanol–water partition coefficient (Wildman–Crippen LogP) is 9.82. The van der Waals surface area contributed by atoms with Crippen LogP contribution in [0.5, 0.6) is 5.75 Å². The van der Waals surface area contributed by atoms with E-state index in [-0.39, 0.29) is 33.7 Å². The summed E-state index contributed by atoms with van der Waals surface area (Å²) in [5.74, 6) is 1.13. The van der Waals surface area contributed by atoms with Crippen LogP contribution in [0.3, 0.4) is 0 Å². The molecule has 0 heterocycles. The Morgan fingerprint density at radius 3 is 2.39 bits per heavy atom. The molecule has 0 saturated heterocycles. The molecule has 2 saturated carbocycles. The lowest BCUT2D eigenvalue weighted by Gasteiger charge is -2.62. The van der Waals surface area contributed by atoms with Crippen molar-refractivity contribution in [1.29, 1.82) is 0 Å². The first-order chi connectivity index (χ1) is 20.4. The fraction of sp³-hybridized carbons (Fsp3) is 0.703. The van der Waals surface area contributed by atoms with Gasteiger partial charge >= 0.3 is 13.8 Å². The minimum absolute atomic E-state index is 0.0407. The summed E-state index contributed by atoms with van der Waals surface area (Å²) in [6.45, 7) is 19.1. The van der Waals surface area contributed by atoms with Crippen LogP contribution in [0.15, 0.2) is 47.1 Å². The molecule has 0 bridgehead atoms. The first kappa shape index (κ1) is 33.5. The van der Waals surface area contributed by atoms with Gasteiger partial charge in [0.2, 0.25) is 0 Å². The SMILES string of the molecule is CC(C)=CCC[C@@H](C)[C@H]1CC[C@@]2(C)C3=C(CC[C@]12C)[C@@]1(C)CC[C@H](OC(=O)c2ccccc2OP(=O)(O)O)C(C)(C)[C@@H]1CC3. The first-order valence-corrected chi connectivity index (χ1v) is 18.4. The van der Waals surface area contributed by atoms with Gasteiger partial charge in [-0.25, -0.2) is 9.36 Å². The number of benzene rings is 1. The number of hydrogen-bond donors (Lipinski definition) is 2. The van der Waals surface area contributed by atoms with Crippen LogP contribution in [0.25, 0.3) is 0 Å². The maximum atomic E-state index is 13.4. The Morgan fingerprint density at radius 2 is 1.70 bits per heavy atom. The second-order valence-electron chi connectivity index (χ2n) is 16.0. The molecule has 5 rings (SSSR count). The number of rotatable bonds is 8. The summed E-state index contributed by atoms with van der Waals surface area (Å²) < 4.78 is 22.5. The minimum Gasteiger partial charge on any atom is -0.458 e. The molecule has 44 heavy (non-hydrogen) atoms. The van der Waals surface area contributed by atoms with Gasteiger partial charge < -0.3 is 9.26 Å². The average Bonchev–Trinajstić information content (AvgIpc) is 3.20. The monoisotopic (exact) mass is 626 g/mol. The lowest BCUT2D eigenvalue weighted by Crippen LogP contribution is -2.55. The first-order valence-electron chi connectivity index (χ1n) is 16.9. The van der Waals surface area contributed by atoms with E-state index in [4.69, 9.17) is 9.26 Å². The van der Waals surface area contributed by atoms with E-state index in [0.29, 0.717) is 11.3 Å². The molecule has 0 aromatic heterocycles. The zero-order valence-electron chi connectivity index (χ0n) is 28.2. The molecule has 0 unspecified atom stereocenters. The van der Waals surface area contributed by atoms with Crippen molar-refractivity contribution >= 4 is 13.8 Å². The summed E-state index contributed by atoms with van der Waals surface area (Å²) in [7, 11) is -4.82. The largest absolute Gasteiger partial charge is 0.524 e. The summed E-state index contributed by atoms with van der Waals surface area (Å²) in [5.41, 5.74) is 5.36. The molecule has 0 spiro atoms. The van der Waals surface area contributed by atoms with Crippen molar-refractivity contribution in [3.8, 4) is 5.75 Å². The molecular formula is C37H55O6P. The van der Waals surface area contributed by atoms with Crippen LogP contribution in [0.1, 0.15) is 130 Å². The Morgan fingerprint density at radius 1 is 1.00 bits per heavy atom. The smallest absolute Gasteiger partial charge is 0.458 e. The van der Waals surface area contributed by atoms with Gasteiger partial charge in [0.25, 0.3) is 0 Å². The molecule has 0 aliphatic heterocycles. The summed E-state index contributed by atoms with van der Waals surface area (Å²) in [6, 6.07) is 6.12. The zero-order valence-corrected chi connectivity index (χ0v) is 29.1. The Labute approximate surface area is 265 Å². The highest BCUT2D eigenvalue weighted by Gasteiger charge is 2.63. The number of allylic oxidation sites excluding steroid dienone is 4. The molecule has 2 N–H and O–H groups in total. The molecule has 1 aromatic rings. The normalized spacial score (nSPS) is 35.2. The Balaban J connectivity index is 1.37. The number of carbonyl (C=O) groups is 1. The van der Waals surface area contributed by atoms with E-state index in [2.05, 4.69) is 61.5 Å². The molecular weight excluding hydrogens is 571 g/mol. The average molecular weight is 627 g/mol. The molecule has 6 nitrogen and oxygen atoms in total. The van der Waals surface area contributed by atoms with Gasteiger partial charge in [-0.2, -0.15) is 0 Å². The maximum absolute atomic E-state index is 13.4. The molecule has 7 atom stereocenters. The van der Waals surface area contributed by atoms with E-state index in [1.165, 1.54) is 56.2 Å². The lowest BCUT2D eigenvalue weighted by atomic mass is 9.43. The van der Waals surface area contributed by atoms with Crippen molar-refractivity contribution in [2.45, 2.75) is 126 Å². The quantitative estimate of drug-likeness (QED) is 0.170. The Bertz CT molecular complexity index is 1380. The van der Waals surface area contributed by atoms with Crippen LogP contribution in [-0.4, -0.2) is 21.9 Å². The topological polar surface area (TPSA) is 93.1 Å². The molecule has 7 heteroatoms. The molecule has 1 aromatic carbocycles. The number of esters is 1. The Kier molecular flexibility index (Phi) is 8.93. The summed E-state index contributed by atoms with van der Waals surface area (Å²) in [5, 5.41) is 0. The van der Waals surface area contributed by atoms with Crippen molar-refractivity contribution in [2.75, 3.05) is 0 Å². The number of phosphoric acid groups is 1. The molecule has 4 aliphatic carbocycles. The highest BCUT2D eigenvalue weighted by atomic mass is 31.2. The maximum Gasteiger partial charge on any atom is 0.524 e. The van der Waals surface area contributed by atoms with Crippen LogP contribution in [0.4, 0.5) is 0 Å². The van der Waals surface area contributed by atoms with Gasteiger partial charge in [-0.3, -0.25) is 9.79 Å².